The molecule has 2 aromatic heterocycles. The van der Waals surface area contributed by atoms with Gasteiger partial charge in [-0.2, -0.15) is 0 Å². The van der Waals surface area contributed by atoms with Gasteiger partial charge in [-0.1, -0.05) is 6.07 Å². The molecule has 0 aliphatic carbocycles. The molecule has 1 amide bonds. The van der Waals surface area contributed by atoms with Crippen LogP contribution in [-0.2, 0) is 27.2 Å². The Bertz CT molecular complexity index is 566. The largest absolute Gasteiger partial charge is 0.467 e. The van der Waals surface area contributed by atoms with E-state index in [0.29, 0.717) is 19.3 Å². The first-order chi connectivity index (χ1) is 10.2. The standard InChI is InChI=1S/C14H17N3O3S/c1-20-14(19)12(7-10-8-15-9-16-10)17-13(18)5-4-11-3-2-6-21-11/h2-3,6,8-9,12H,4-5,7H2,1H3,(H,15,16)(H,17,18)/t12-/m0/s1. The number of methoxy groups -OCH3 is 1. The third kappa shape index (κ3) is 4.71. The van der Waals surface area contributed by atoms with E-state index < -0.39 is 12.0 Å². The predicted molar refractivity (Wildman–Crippen MR) is 78.9 cm³/mol. The molecule has 112 valence electrons. The van der Waals surface area contributed by atoms with Crippen molar-refractivity contribution in [2.75, 3.05) is 7.11 Å². The number of H-pyrrole nitrogens is 1. The van der Waals surface area contributed by atoms with Crippen LogP contribution in [0.25, 0.3) is 0 Å². The molecule has 2 aromatic rings. The minimum absolute atomic E-state index is 0.168. The highest BCUT2D eigenvalue weighted by Crippen LogP contribution is 2.11. The van der Waals surface area contributed by atoms with Gasteiger partial charge < -0.3 is 15.0 Å². The number of thiophene rings is 1. The summed E-state index contributed by atoms with van der Waals surface area (Å²) in [5.74, 6) is -0.632. The highest BCUT2D eigenvalue weighted by Gasteiger charge is 2.22. The van der Waals surface area contributed by atoms with Gasteiger partial charge in [-0.25, -0.2) is 9.78 Å². The highest BCUT2D eigenvalue weighted by molar-refractivity contribution is 7.09. The first-order valence-corrected chi connectivity index (χ1v) is 7.44. The average molecular weight is 307 g/mol. The maximum absolute atomic E-state index is 12.0. The number of hydrogen-bond acceptors (Lipinski definition) is 5. The number of ether oxygens (including phenoxy) is 1. The number of carbonyl (C=O) groups is 2. The van der Waals surface area contributed by atoms with Crippen molar-refractivity contribution in [3.63, 3.8) is 0 Å². The van der Waals surface area contributed by atoms with Crippen molar-refractivity contribution in [3.8, 4) is 0 Å². The summed E-state index contributed by atoms with van der Waals surface area (Å²) in [6.07, 6.45) is 4.49. The summed E-state index contributed by atoms with van der Waals surface area (Å²) in [6, 6.07) is 3.24. The van der Waals surface area contributed by atoms with Crippen molar-refractivity contribution in [2.45, 2.75) is 25.3 Å². The third-order valence-corrected chi connectivity index (χ3v) is 3.91. The second kappa shape index (κ2) is 7.58. The minimum atomic E-state index is -0.703. The third-order valence-electron chi connectivity index (χ3n) is 2.98. The van der Waals surface area contributed by atoms with Gasteiger partial charge in [0.1, 0.15) is 6.04 Å². The number of aryl methyl sites for hydroxylation is 1. The normalized spacial score (nSPS) is 11.9. The zero-order valence-corrected chi connectivity index (χ0v) is 12.5. The van der Waals surface area contributed by atoms with Crippen LogP contribution in [0.3, 0.4) is 0 Å². The number of rotatable bonds is 7. The molecule has 0 saturated carbocycles. The number of imidazole rings is 1. The molecule has 0 unspecified atom stereocenters. The fourth-order valence-electron chi connectivity index (χ4n) is 1.91. The number of hydrogen-bond donors (Lipinski definition) is 2. The molecule has 0 spiro atoms. The van der Waals surface area contributed by atoms with E-state index in [-0.39, 0.29) is 5.91 Å². The van der Waals surface area contributed by atoms with Gasteiger partial charge >= 0.3 is 5.97 Å². The quantitative estimate of drug-likeness (QED) is 0.755. The van der Waals surface area contributed by atoms with Gasteiger partial charge in [0, 0.05) is 29.6 Å². The molecule has 2 heterocycles. The van der Waals surface area contributed by atoms with Gasteiger partial charge in [0.2, 0.25) is 5.91 Å². The lowest BCUT2D eigenvalue weighted by Crippen LogP contribution is -2.43. The molecule has 0 aromatic carbocycles. The molecular weight excluding hydrogens is 290 g/mol. The van der Waals surface area contributed by atoms with Crippen LogP contribution in [0, 0.1) is 0 Å². The van der Waals surface area contributed by atoms with Crippen molar-refractivity contribution < 1.29 is 14.3 Å². The van der Waals surface area contributed by atoms with E-state index in [1.807, 2.05) is 17.5 Å². The van der Waals surface area contributed by atoms with E-state index in [9.17, 15) is 9.59 Å². The average Bonchev–Trinajstić information content (AvgIpc) is 3.16. The van der Waals surface area contributed by atoms with E-state index in [4.69, 9.17) is 4.74 Å². The molecule has 0 aliphatic rings. The van der Waals surface area contributed by atoms with Gasteiger partial charge in [0.05, 0.1) is 13.4 Å². The number of aromatic nitrogens is 2. The Kier molecular flexibility index (Phi) is 5.51. The van der Waals surface area contributed by atoms with Gasteiger partial charge in [-0.15, -0.1) is 11.3 Å². The fourth-order valence-corrected chi connectivity index (χ4v) is 2.62. The molecule has 7 heteroatoms. The van der Waals surface area contributed by atoms with Crippen LogP contribution in [0.5, 0.6) is 0 Å². The molecule has 1 atom stereocenters. The Balaban J connectivity index is 1.88. The summed E-state index contributed by atoms with van der Waals surface area (Å²) in [4.78, 5) is 31.6. The lowest BCUT2D eigenvalue weighted by molar-refractivity contribution is -0.145. The van der Waals surface area contributed by atoms with Crippen molar-refractivity contribution >= 4 is 23.2 Å². The Labute approximate surface area is 126 Å². The maximum atomic E-state index is 12.0. The van der Waals surface area contributed by atoms with E-state index in [0.717, 1.165) is 10.6 Å². The Hall–Kier alpha value is -2.15. The summed E-state index contributed by atoms with van der Waals surface area (Å²) in [7, 11) is 1.31. The Morgan fingerprint density at radius 2 is 2.38 bits per heavy atom. The maximum Gasteiger partial charge on any atom is 0.328 e. The van der Waals surface area contributed by atoms with Crippen molar-refractivity contribution in [1.82, 2.24) is 15.3 Å². The first kappa shape index (κ1) is 15.2. The molecule has 0 bridgehead atoms. The lowest BCUT2D eigenvalue weighted by Gasteiger charge is -2.15. The Morgan fingerprint density at radius 3 is 3.00 bits per heavy atom. The molecule has 0 saturated heterocycles. The molecule has 0 radical (unpaired) electrons. The topological polar surface area (TPSA) is 84.1 Å². The smallest absolute Gasteiger partial charge is 0.328 e. The van der Waals surface area contributed by atoms with Crippen LogP contribution in [-0.4, -0.2) is 35.0 Å². The molecule has 6 nitrogen and oxygen atoms in total. The zero-order valence-electron chi connectivity index (χ0n) is 11.7. The van der Waals surface area contributed by atoms with Crippen LogP contribution in [0.15, 0.2) is 30.0 Å². The van der Waals surface area contributed by atoms with Crippen molar-refractivity contribution in [3.05, 3.63) is 40.6 Å². The van der Waals surface area contributed by atoms with Crippen molar-refractivity contribution in [2.24, 2.45) is 0 Å². The number of nitrogens with zero attached hydrogens (tertiary/aromatic N) is 1. The van der Waals surface area contributed by atoms with Crippen molar-refractivity contribution in [1.29, 1.82) is 0 Å². The molecule has 21 heavy (non-hydrogen) atoms. The molecular formula is C14H17N3O3S. The molecule has 2 N–H and O–H groups in total. The predicted octanol–water partition coefficient (Wildman–Crippen LogP) is 1.30. The van der Waals surface area contributed by atoms with Crippen LogP contribution in [0.2, 0.25) is 0 Å². The van der Waals surface area contributed by atoms with Gasteiger partial charge in [0.15, 0.2) is 0 Å². The summed E-state index contributed by atoms with van der Waals surface area (Å²) >= 11 is 1.61. The number of esters is 1. The number of aromatic amines is 1. The van der Waals surface area contributed by atoms with Gasteiger partial charge in [-0.3, -0.25) is 4.79 Å². The summed E-state index contributed by atoms with van der Waals surface area (Å²) < 4.78 is 4.73. The zero-order chi connectivity index (χ0) is 15.1. The molecule has 0 aliphatic heterocycles. The monoisotopic (exact) mass is 307 g/mol. The van der Waals surface area contributed by atoms with Crippen LogP contribution in [0.4, 0.5) is 0 Å². The van der Waals surface area contributed by atoms with Gasteiger partial charge in [-0.05, 0) is 17.9 Å². The van der Waals surface area contributed by atoms with E-state index in [2.05, 4.69) is 15.3 Å². The van der Waals surface area contributed by atoms with E-state index >= 15 is 0 Å². The number of amides is 1. The summed E-state index contributed by atoms with van der Waals surface area (Å²) in [6.45, 7) is 0. The highest BCUT2D eigenvalue weighted by atomic mass is 32.1. The van der Waals surface area contributed by atoms with Gasteiger partial charge in [0.25, 0.3) is 0 Å². The second-order valence-corrected chi connectivity index (χ2v) is 5.54. The van der Waals surface area contributed by atoms with Crippen LogP contribution >= 0.6 is 11.3 Å². The van der Waals surface area contributed by atoms with Crippen LogP contribution < -0.4 is 5.32 Å². The SMILES string of the molecule is COC(=O)[C@H](Cc1cnc[nH]1)NC(=O)CCc1cccs1. The fraction of sp³-hybridized carbons (Fsp3) is 0.357. The summed E-state index contributed by atoms with van der Waals surface area (Å²) in [5, 5.41) is 4.69. The first-order valence-electron chi connectivity index (χ1n) is 6.56. The second-order valence-electron chi connectivity index (χ2n) is 4.50. The minimum Gasteiger partial charge on any atom is -0.467 e. The summed E-state index contributed by atoms with van der Waals surface area (Å²) in [5.41, 5.74) is 0.768. The van der Waals surface area contributed by atoms with E-state index in [1.165, 1.54) is 13.4 Å². The number of nitrogens with one attached hydrogen (secondary N) is 2. The molecule has 0 fully saturated rings. The number of carbonyl (C=O) groups excluding carboxylic acids is 2. The molecule has 2 rings (SSSR count). The van der Waals surface area contributed by atoms with E-state index in [1.54, 1.807) is 17.5 Å². The van der Waals surface area contributed by atoms with Crippen LogP contribution in [0.1, 0.15) is 17.0 Å². The lowest BCUT2D eigenvalue weighted by atomic mass is 10.1. The Morgan fingerprint density at radius 1 is 1.52 bits per heavy atom.